The molecule has 3 heteroatoms. The Kier molecular flexibility index (Phi) is 2.65. The molecular weight excluding hydrogens is 180 g/mol. The van der Waals surface area contributed by atoms with Gasteiger partial charge in [0.15, 0.2) is 0 Å². The van der Waals surface area contributed by atoms with Gasteiger partial charge >= 0.3 is 0 Å². The van der Waals surface area contributed by atoms with Gasteiger partial charge in [-0.25, -0.2) is 4.98 Å². The first kappa shape index (κ1) is 9.16. The Hall–Kier alpha value is -0.410. The molecule has 0 aliphatic heterocycles. The van der Waals surface area contributed by atoms with E-state index in [1.807, 2.05) is 5.51 Å². The summed E-state index contributed by atoms with van der Waals surface area (Å²) in [5.41, 5.74) is 3.10. The summed E-state index contributed by atoms with van der Waals surface area (Å²) in [6, 6.07) is 0. The summed E-state index contributed by atoms with van der Waals surface area (Å²) in [6.45, 7) is 6.58. The number of nitrogens with one attached hydrogen (secondary N) is 1. The Balaban J connectivity index is 1.71. The van der Waals surface area contributed by atoms with Crippen LogP contribution in [0.25, 0.3) is 0 Å². The van der Waals surface area contributed by atoms with E-state index >= 15 is 0 Å². The van der Waals surface area contributed by atoms with Gasteiger partial charge in [0.1, 0.15) is 0 Å². The van der Waals surface area contributed by atoms with Gasteiger partial charge in [-0.05, 0) is 31.7 Å². The van der Waals surface area contributed by atoms with Crippen molar-refractivity contribution < 1.29 is 0 Å². The van der Waals surface area contributed by atoms with Crippen molar-refractivity contribution in [2.24, 2.45) is 11.8 Å². The molecule has 0 radical (unpaired) electrons. The highest BCUT2D eigenvalue weighted by Crippen LogP contribution is 2.36. The number of rotatable bonds is 4. The zero-order chi connectivity index (χ0) is 9.26. The van der Waals surface area contributed by atoms with Gasteiger partial charge in [-0.2, -0.15) is 0 Å². The minimum Gasteiger partial charge on any atom is -0.311 e. The van der Waals surface area contributed by atoms with Gasteiger partial charge in [0.05, 0.1) is 11.2 Å². The van der Waals surface area contributed by atoms with Crippen LogP contribution in [0.2, 0.25) is 0 Å². The van der Waals surface area contributed by atoms with E-state index in [9.17, 15) is 0 Å². The van der Waals surface area contributed by atoms with E-state index in [1.165, 1.54) is 23.5 Å². The lowest BCUT2D eigenvalue weighted by Gasteiger charge is -2.01. The number of aromatic nitrogens is 1. The molecule has 1 aliphatic rings. The summed E-state index contributed by atoms with van der Waals surface area (Å²) >= 11 is 1.75. The van der Waals surface area contributed by atoms with Crippen LogP contribution in [0.15, 0.2) is 5.51 Å². The van der Waals surface area contributed by atoms with Crippen LogP contribution in [0.5, 0.6) is 0 Å². The van der Waals surface area contributed by atoms with Crippen molar-refractivity contribution in [3.63, 3.8) is 0 Å². The van der Waals surface area contributed by atoms with E-state index in [-0.39, 0.29) is 0 Å². The minimum absolute atomic E-state index is 0.938. The molecule has 2 rings (SSSR count). The van der Waals surface area contributed by atoms with Gasteiger partial charge in [0, 0.05) is 11.4 Å². The lowest BCUT2D eigenvalue weighted by atomic mass is 10.3. The Bertz CT molecular complexity index is 282. The van der Waals surface area contributed by atoms with E-state index in [0.29, 0.717) is 0 Å². The van der Waals surface area contributed by atoms with Crippen molar-refractivity contribution in [1.29, 1.82) is 0 Å². The van der Waals surface area contributed by atoms with Crippen LogP contribution in [0.4, 0.5) is 0 Å². The lowest BCUT2D eigenvalue weighted by molar-refractivity contribution is 0.614. The molecule has 72 valence electrons. The molecule has 0 aromatic carbocycles. The molecular formula is C10H16N2S. The van der Waals surface area contributed by atoms with Gasteiger partial charge in [-0.15, -0.1) is 11.3 Å². The molecule has 13 heavy (non-hydrogen) atoms. The van der Waals surface area contributed by atoms with E-state index in [4.69, 9.17) is 0 Å². The highest BCUT2D eigenvalue weighted by molar-refractivity contribution is 7.09. The fraction of sp³-hybridized carbons (Fsp3) is 0.700. The Labute approximate surface area is 83.4 Å². The first-order chi connectivity index (χ1) is 6.27. The third-order valence-electron chi connectivity index (χ3n) is 2.81. The van der Waals surface area contributed by atoms with E-state index in [0.717, 1.165) is 18.4 Å². The maximum absolute atomic E-state index is 4.22. The Morgan fingerprint density at radius 1 is 1.69 bits per heavy atom. The van der Waals surface area contributed by atoms with Crippen molar-refractivity contribution in [2.75, 3.05) is 6.54 Å². The molecule has 1 aromatic heterocycles. The van der Waals surface area contributed by atoms with Gasteiger partial charge < -0.3 is 5.32 Å². The third-order valence-corrected chi connectivity index (χ3v) is 3.75. The highest BCUT2D eigenvalue weighted by Gasteiger charge is 2.31. The first-order valence-electron chi connectivity index (χ1n) is 4.87. The molecule has 0 spiro atoms. The molecule has 0 bridgehead atoms. The maximum Gasteiger partial charge on any atom is 0.0798 e. The van der Waals surface area contributed by atoms with Gasteiger partial charge in [-0.1, -0.05) is 6.92 Å². The highest BCUT2D eigenvalue weighted by atomic mass is 32.1. The summed E-state index contributed by atoms with van der Waals surface area (Å²) in [7, 11) is 0. The van der Waals surface area contributed by atoms with Crippen LogP contribution in [-0.2, 0) is 6.54 Å². The van der Waals surface area contributed by atoms with Crippen LogP contribution in [-0.4, -0.2) is 11.5 Å². The second kappa shape index (κ2) is 3.76. The number of thiazole rings is 1. The zero-order valence-electron chi connectivity index (χ0n) is 8.21. The number of aryl methyl sites for hydroxylation is 1. The fourth-order valence-electron chi connectivity index (χ4n) is 1.55. The summed E-state index contributed by atoms with van der Waals surface area (Å²) in [4.78, 5) is 5.61. The molecule has 2 atom stereocenters. The summed E-state index contributed by atoms with van der Waals surface area (Å²) in [5.74, 6) is 1.89. The van der Waals surface area contributed by atoms with Crippen LogP contribution in [0.1, 0.15) is 23.9 Å². The monoisotopic (exact) mass is 196 g/mol. The molecule has 1 aliphatic carbocycles. The quantitative estimate of drug-likeness (QED) is 0.798. The fourth-order valence-corrected chi connectivity index (χ4v) is 2.30. The van der Waals surface area contributed by atoms with Gasteiger partial charge in [0.25, 0.3) is 0 Å². The van der Waals surface area contributed by atoms with Crippen LogP contribution in [0, 0.1) is 18.8 Å². The summed E-state index contributed by atoms with van der Waals surface area (Å²) in [6.07, 6.45) is 1.41. The zero-order valence-corrected chi connectivity index (χ0v) is 9.03. The molecule has 0 saturated heterocycles. The van der Waals surface area contributed by atoms with Crippen LogP contribution in [0.3, 0.4) is 0 Å². The third kappa shape index (κ3) is 2.29. The predicted octanol–water partition coefficient (Wildman–Crippen LogP) is 2.20. The Morgan fingerprint density at radius 2 is 2.46 bits per heavy atom. The molecule has 1 heterocycles. The normalized spacial score (nSPS) is 26.3. The van der Waals surface area contributed by atoms with Crippen molar-refractivity contribution in [1.82, 2.24) is 10.3 Å². The van der Waals surface area contributed by atoms with E-state index in [2.05, 4.69) is 24.1 Å². The topological polar surface area (TPSA) is 24.9 Å². The van der Waals surface area contributed by atoms with Crippen LogP contribution >= 0.6 is 11.3 Å². The van der Waals surface area contributed by atoms with E-state index < -0.39 is 0 Å². The van der Waals surface area contributed by atoms with Crippen LogP contribution < -0.4 is 5.32 Å². The average molecular weight is 196 g/mol. The standard InChI is InChI=1S/C10H16N2S/c1-7-3-9(7)4-11-5-10-8(2)12-6-13-10/h6-7,9,11H,3-5H2,1-2H3. The number of hydrogen-bond donors (Lipinski definition) is 1. The minimum atomic E-state index is 0.938. The Morgan fingerprint density at radius 3 is 3.00 bits per heavy atom. The predicted molar refractivity (Wildman–Crippen MR) is 55.8 cm³/mol. The maximum atomic E-state index is 4.22. The largest absolute Gasteiger partial charge is 0.311 e. The van der Waals surface area contributed by atoms with Gasteiger partial charge in [-0.3, -0.25) is 0 Å². The molecule has 0 amide bonds. The lowest BCUT2D eigenvalue weighted by Crippen LogP contribution is -2.16. The molecule has 1 N–H and O–H groups in total. The van der Waals surface area contributed by atoms with Crippen molar-refractivity contribution in [3.8, 4) is 0 Å². The van der Waals surface area contributed by atoms with Crippen molar-refractivity contribution in [2.45, 2.75) is 26.8 Å². The SMILES string of the molecule is Cc1ncsc1CNCC1CC1C. The molecule has 1 fully saturated rings. The summed E-state index contributed by atoms with van der Waals surface area (Å²) < 4.78 is 0. The van der Waals surface area contributed by atoms with Crippen molar-refractivity contribution >= 4 is 11.3 Å². The van der Waals surface area contributed by atoms with Gasteiger partial charge in [0.2, 0.25) is 0 Å². The summed E-state index contributed by atoms with van der Waals surface area (Å²) in [5, 5.41) is 3.49. The molecule has 2 unspecified atom stereocenters. The first-order valence-corrected chi connectivity index (χ1v) is 5.75. The second-order valence-electron chi connectivity index (χ2n) is 3.96. The number of nitrogens with zero attached hydrogens (tertiary/aromatic N) is 1. The molecule has 2 nitrogen and oxygen atoms in total. The molecule has 1 aromatic rings. The second-order valence-corrected chi connectivity index (χ2v) is 4.90. The molecule has 1 saturated carbocycles. The smallest absolute Gasteiger partial charge is 0.0798 e. The van der Waals surface area contributed by atoms with E-state index in [1.54, 1.807) is 11.3 Å². The van der Waals surface area contributed by atoms with Crippen molar-refractivity contribution in [3.05, 3.63) is 16.1 Å². The number of hydrogen-bond acceptors (Lipinski definition) is 3. The average Bonchev–Trinajstić information content (AvgIpc) is 2.63.